The second-order valence-electron chi connectivity index (χ2n) is 3.16. The molecule has 0 aliphatic rings. The van der Waals surface area contributed by atoms with Gasteiger partial charge in [-0.15, -0.1) is 0 Å². The van der Waals surface area contributed by atoms with Crippen LogP contribution in [-0.4, -0.2) is 11.1 Å². The summed E-state index contributed by atoms with van der Waals surface area (Å²) in [5.74, 6) is -1.04. The molecule has 0 aliphatic carbocycles. The normalized spacial score (nSPS) is 12.9. The largest absolute Gasteiger partial charge is 0.480 e. The fraction of sp³-hybridized carbons (Fsp3) is 0.100. The molecule has 0 bridgehead atoms. The number of carboxylic acid groups (broad SMARTS) is 1. The molecule has 0 saturated carbocycles. The zero-order chi connectivity index (χ0) is 11.0. The van der Waals surface area contributed by atoms with E-state index in [0.29, 0.717) is 15.8 Å². The number of aliphatic carboxylic acids is 1. The van der Waals surface area contributed by atoms with Crippen LogP contribution in [0, 0.1) is 0 Å². The monoisotopic (exact) mass is 269 g/mol. The van der Waals surface area contributed by atoms with Crippen molar-refractivity contribution in [3.05, 3.63) is 34.5 Å². The number of carboxylic acids is 1. The summed E-state index contributed by atoms with van der Waals surface area (Å²) in [5, 5.41) is 9.58. The maximum absolute atomic E-state index is 10.7. The van der Waals surface area contributed by atoms with Crippen LogP contribution in [0.2, 0.25) is 0 Å². The maximum atomic E-state index is 10.7. The highest BCUT2D eigenvalue weighted by atomic mass is 79.9. The number of rotatable bonds is 2. The molecule has 4 nitrogen and oxygen atoms in total. The van der Waals surface area contributed by atoms with E-state index in [4.69, 9.17) is 15.3 Å². The molecule has 1 atom stereocenters. The smallest absolute Gasteiger partial charge is 0.325 e. The second-order valence-corrected chi connectivity index (χ2v) is 3.95. The first kappa shape index (κ1) is 10.2. The fourth-order valence-electron chi connectivity index (χ4n) is 1.37. The summed E-state index contributed by atoms with van der Waals surface area (Å²) in [4.78, 5) is 10.7. The predicted molar refractivity (Wildman–Crippen MR) is 58.5 cm³/mol. The molecule has 1 unspecified atom stereocenters. The molecule has 2 rings (SSSR count). The van der Waals surface area contributed by atoms with Crippen molar-refractivity contribution in [1.82, 2.24) is 0 Å². The van der Waals surface area contributed by atoms with E-state index in [1.54, 1.807) is 24.3 Å². The minimum absolute atomic E-state index is 0.559. The van der Waals surface area contributed by atoms with Crippen molar-refractivity contribution in [2.75, 3.05) is 0 Å². The van der Waals surface area contributed by atoms with Crippen LogP contribution in [-0.2, 0) is 4.79 Å². The van der Waals surface area contributed by atoms with Crippen LogP contribution in [0.5, 0.6) is 0 Å². The molecule has 1 aromatic carbocycles. The van der Waals surface area contributed by atoms with E-state index in [9.17, 15) is 4.79 Å². The van der Waals surface area contributed by atoms with E-state index >= 15 is 0 Å². The average molecular weight is 270 g/mol. The molecule has 0 aliphatic heterocycles. The molecular formula is C10H8BrNO3. The lowest BCUT2D eigenvalue weighted by Gasteiger charge is -2.05. The Hall–Kier alpha value is -1.33. The summed E-state index contributed by atoms with van der Waals surface area (Å²) >= 11 is 3.20. The quantitative estimate of drug-likeness (QED) is 0.877. The van der Waals surface area contributed by atoms with Crippen molar-refractivity contribution in [1.29, 1.82) is 0 Å². The van der Waals surface area contributed by atoms with E-state index in [1.807, 2.05) is 0 Å². The van der Waals surface area contributed by atoms with Crippen molar-refractivity contribution < 1.29 is 14.3 Å². The van der Waals surface area contributed by atoms with Crippen molar-refractivity contribution in [3.8, 4) is 0 Å². The lowest BCUT2D eigenvalue weighted by atomic mass is 10.1. The van der Waals surface area contributed by atoms with E-state index in [0.717, 1.165) is 5.39 Å². The number of fused-ring (bicyclic) bond motifs is 1. The van der Waals surface area contributed by atoms with Crippen LogP contribution in [0.25, 0.3) is 11.0 Å². The molecule has 0 saturated heterocycles. The number of carbonyl (C=O) groups is 1. The van der Waals surface area contributed by atoms with E-state index in [2.05, 4.69) is 15.9 Å². The summed E-state index contributed by atoms with van der Waals surface area (Å²) in [6.45, 7) is 0. The Morgan fingerprint density at radius 3 is 2.87 bits per heavy atom. The second kappa shape index (κ2) is 3.67. The topological polar surface area (TPSA) is 76.5 Å². The minimum atomic E-state index is -1.04. The standard InChI is InChI=1S/C10H8BrNO3/c11-8-4-6-3-5(9(12)10(13)14)1-2-7(6)15-8/h1-4,9H,12H2,(H,13,14). The highest BCUT2D eigenvalue weighted by Crippen LogP contribution is 2.25. The van der Waals surface area contributed by atoms with Gasteiger partial charge in [0.1, 0.15) is 11.6 Å². The van der Waals surface area contributed by atoms with Gasteiger partial charge < -0.3 is 15.3 Å². The number of halogens is 1. The molecular weight excluding hydrogens is 262 g/mol. The zero-order valence-corrected chi connectivity index (χ0v) is 9.19. The van der Waals surface area contributed by atoms with Gasteiger partial charge in [-0.25, -0.2) is 0 Å². The average Bonchev–Trinajstić information content (AvgIpc) is 2.55. The first-order chi connectivity index (χ1) is 7.08. The molecule has 1 heterocycles. The summed E-state index contributed by atoms with van der Waals surface area (Å²) < 4.78 is 5.90. The van der Waals surface area contributed by atoms with Gasteiger partial charge in [0.2, 0.25) is 0 Å². The maximum Gasteiger partial charge on any atom is 0.325 e. The van der Waals surface area contributed by atoms with E-state index < -0.39 is 12.0 Å². The van der Waals surface area contributed by atoms with Gasteiger partial charge in [0.05, 0.1) is 0 Å². The number of hydrogen-bond acceptors (Lipinski definition) is 3. The number of hydrogen-bond donors (Lipinski definition) is 2. The molecule has 0 amide bonds. The van der Waals surface area contributed by atoms with Crippen LogP contribution in [0.1, 0.15) is 11.6 Å². The van der Waals surface area contributed by atoms with Gasteiger partial charge in [0.15, 0.2) is 4.67 Å². The summed E-state index contributed by atoms with van der Waals surface area (Å²) in [7, 11) is 0. The Morgan fingerprint density at radius 2 is 2.20 bits per heavy atom. The Balaban J connectivity index is 2.50. The summed E-state index contributed by atoms with van der Waals surface area (Å²) in [6.07, 6.45) is 0. The number of furan rings is 1. The Kier molecular flexibility index (Phi) is 2.50. The third-order valence-electron chi connectivity index (χ3n) is 2.14. The number of nitrogens with two attached hydrogens (primary N) is 1. The van der Waals surface area contributed by atoms with Gasteiger partial charge in [-0.3, -0.25) is 4.79 Å². The minimum Gasteiger partial charge on any atom is -0.480 e. The van der Waals surface area contributed by atoms with Gasteiger partial charge >= 0.3 is 5.97 Å². The highest BCUT2D eigenvalue weighted by Gasteiger charge is 2.15. The van der Waals surface area contributed by atoms with Crippen LogP contribution >= 0.6 is 15.9 Å². The molecule has 78 valence electrons. The van der Waals surface area contributed by atoms with Gasteiger partial charge in [0.25, 0.3) is 0 Å². The lowest BCUT2D eigenvalue weighted by molar-refractivity contribution is -0.138. The lowest BCUT2D eigenvalue weighted by Crippen LogP contribution is -2.20. The molecule has 5 heteroatoms. The molecule has 1 aromatic heterocycles. The molecule has 15 heavy (non-hydrogen) atoms. The predicted octanol–water partition coefficient (Wildman–Crippen LogP) is 2.28. The first-order valence-corrected chi connectivity index (χ1v) is 5.04. The van der Waals surface area contributed by atoms with Gasteiger partial charge in [-0.2, -0.15) is 0 Å². The van der Waals surface area contributed by atoms with Crippen LogP contribution in [0.15, 0.2) is 33.4 Å². The van der Waals surface area contributed by atoms with Crippen molar-refractivity contribution in [2.45, 2.75) is 6.04 Å². The van der Waals surface area contributed by atoms with Gasteiger partial charge in [0, 0.05) is 5.39 Å². The summed E-state index contributed by atoms with van der Waals surface area (Å²) in [6, 6.07) is 5.84. The van der Waals surface area contributed by atoms with Crippen molar-refractivity contribution in [2.24, 2.45) is 5.73 Å². The fourth-order valence-corrected chi connectivity index (χ4v) is 1.79. The van der Waals surface area contributed by atoms with E-state index in [1.165, 1.54) is 0 Å². The van der Waals surface area contributed by atoms with Crippen LogP contribution in [0.4, 0.5) is 0 Å². The molecule has 3 N–H and O–H groups in total. The highest BCUT2D eigenvalue weighted by molar-refractivity contribution is 9.10. The third-order valence-corrected chi connectivity index (χ3v) is 2.53. The molecule has 0 fully saturated rings. The molecule has 2 aromatic rings. The van der Waals surface area contributed by atoms with Crippen LogP contribution in [0.3, 0.4) is 0 Å². The summed E-state index contributed by atoms with van der Waals surface area (Å²) in [5.41, 5.74) is 6.75. The zero-order valence-electron chi connectivity index (χ0n) is 7.61. The van der Waals surface area contributed by atoms with Gasteiger partial charge in [-0.1, -0.05) is 6.07 Å². The molecule has 0 radical (unpaired) electrons. The van der Waals surface area contributed by atoms with Crippen molar-refractivity contribution >= 4 is 32.9 Å². The number of benzene rings is 1. The third kappa shape index (κ3) is 1.88. The Bertz CT molecular complexity index is 520. The van der Waals surface area contributed by atoms with E-state index in [-0.39, 0.29) is 0 Å². The Labute approximate surface area is 93.8 Å². The van der Waals surface area contributed by atoms with Crippen molar-refractivity contribution in [3.63, 3.8) is 0 Å². The first-order valence-electron chi connectivity index (χ1n) is 4.25. The Morgan fingerprint density at radius 1 is 1.47 bits per heavy atom. The van der Waals surface area contributed by atoms with Crippen LogP contribution < -0.4 is 5.73 Å². The molecule has 0 spiro atoms. The SMILES string of the molecule is NC(C(=O)O)c1ccc2oc(Br)cc2c1. The van der Waals surface area contributed by atoms with Gasteiger partial charge in [-0.05, 0) is 39.7 Å².